The molecule has 2 aromatic carbocycles. The number of nitrogens with one attached hydrogen (secondary N) is 2. The molecule has 4 rings (SSSR count). The minimum atomic E-state index is -0.251. The van der Waals surface area contributed by atoms with Crippen molar-refractivity contribution in [1.29, 1.82) is 0 Å². The quantitative estimate of drug-likeness (QED) is 0.760. The summed E-state index contributed by atoms with van der Waals surface area (Å²) in [7, 11) is 0. The van der Waals surface area contributed by atoms with Crippen molar-refractivity contribution < 1.29 is 4.79 Å². The van der Waals surface area contributed by atoms with Crippen LogP contribution in [0.25, 0.3) is 10.9 Å². The molecule has 1 aliphatic heterocycles. The molecular weight excluding hydrogens is 304 g/mol. The number of anilines is 2. The molecule has 6 heteroatoms. The predicted molar refractivity (Wildman–Crippen MR) is 93.6 cm³/mol. The van der Waals surface area contributed by atoms with Crippen molar-refractivity contribution in [3.05, 3.63) is 64.1 Å². The molecule has 24 heavy (non-hydrogen) atoms. The van der Waals surface area contributed by atoms with Gasteiger partial charge in [0.15, 0.2) is 0 Å². The van der Waals surface area contributed by atoms with Gasteiger partial charge in [-0.15, -0.1) is 0 Å². The van der Waals surface area contributed by atoms with Crippen LogP contribution < -0.4 is 16.3 Å². The number of rotatable bonds is 2. The number of carbonyl (C=O) groups is 1. The highest BCUT2D eigenvalue weighted by atomic mass is 16.2. The molecule has 1 amide bonds. The molecule has 2 N–H and O–H groups in total. The van der Waals surface area contributed by atoms with Crippen LogP contribution in [0, 0.1) is 6.92 Å². The van der Waals surface area contributed by atoms with Crippen LogP contribution in [0.4, 0.5) is 11.5 Å². The van der Waals surface area contributed by atoms with E-state index in [1.165, 1.54) is 0 Å². The lowest BCUT2D eigenvalue weighted by molar-refractivity contribution is 0.102. The topological polar surface area (TPSA) is 76.0 Å². The third-order valence-corrected chi connectivity index (χ3v) is 4.13. The average Bonchev–Trinajstić information content (AvgIpc) is 3.06. The highest BCUT2D eigenvalue weighted by Gasteiger charge is 2.16. The van der Waals surface area contributed by atoms with Gasteiger partial charge in [0.05, 0.1) is 5.52 Å². The standard InChI is InChI=1S/C18H16N4O2/c1-11-3-2-4-12(9-11)17(23)20-13-5-6-15-14(10-13)16-19-7-8-22(16)18(24)21-15/h2-6,9-10,19H,7-8H2,1H3,(H,20,23). The van der Waals surface area contributed by atoms with E-state index in [2.05, 4.69) is 15.6 Å². The lowest BCUT2D eigenvalue weighted by Crippen LogP contribution is -2.21. The number of aromatic nitrogens is 2. The summed E-state index contributed by atoms with van der Waals surface area (Å²) in [6.45, 7) is 3.26. The number of hydrogen-bond acceptors (Lipinski definition) is 4. The second-order valence-corrected chi connectivity index (χ2v) is 5.88. The van der Waals surface area contributed by atoms with Crippen molar-refractivity contribution in [2.45, 2.75) is 13.5 Å². The zero-order valence-electron chi connectivity index (χ0n) is 13.2. The minimum Gasteiger partial charge on any atom is -0.369 e. The van der Waals surface area contributed by atoms with Gasteiger partial charge in [0.2, 0.25) is 0 Å². The highest BCUT2D eigenvalue weighted by molar-refractivity contribution is 6.05. The predicted octanol–water partition coefficient (Wildman–Crippen LogP) is 2.38. The van der Waals surface area contributed by atoms with Crippen LogP contribution in [-0.4, -0.2) is 22.0 Å². The van der Waals surface area contributed by atoms with Crippen molar-refractivity contribution in [3.63, 3.8) is 0 Å². The SMILES string of the molecule is Cc1cccc(C(=O)Nc2ccc3nc(=O)n4c(c3c2)NCC4)c1. The Labute approximate surface area is 138 Å². The first-order chi connectivity index (χ1) is 11.6. The summed E-state index contributed by atoms with van der Waals surface area (Å²) in [5, 5.41) is 6.94. The van der Waals surface area contributed by atoms with Gasteiger partial charge in [0, 0.05) is 29.7 Å². The van der Waals surface area contributed by atoms with Crippen LogP contribution in [0.1, 0.15) is 15.9 Å². The molecule has 0 saturated heterocycles. The molecule has 3 aromatic rings. The minimum absolute atomic E-state index is 0.163. The molecule has 0 unspecified atom stereocenters. The van der Waals surface area contributed by atoms with E-state index in [0.29, 0.717) is 29.9 Å². The van der Waals surface area contributed by atoms with E-state index >= 15 is 0 Å². The third kappa shape index (κ3) is 2.42. The lowest BCUT2D eigenvalue weighted by Gasteiger charge is -2.10. The fraction of sp³-hybridized carbons (Fsp3) is 0.167. The Morgan fingerprint density at radius 2 is 2.12 bits per heavy atom. The van der Waals surface area contributed by atoms with Crippen LogP contribution in [0.3, 0.4) is 0 Å². The van der Waals surface area contributed by atoms with Gasteiger partial charge in [-0.05, 0) is 37.3 Å². The Bertz CT molecular complexity index is 1020. The fourth-order valence-electron chi connectivity index (χ4n) is 2.98. The molecule has 0 spiro atoms. The molecule has 2 heterocycles. The normalized spacial score (nSPS) is 12.7. The molecular formula is C18H16N4O2. The molecule has 0 atom stereocenters. The molecule has 0 bridgehead atoms. The molecule has 0 radical (unpaired) electrons. The fourth-order valence-corrected chi connectivity index (χ4v) is 2.98. The van der Waals surface area contributed by atoms with E-state index in [1.54, 1.807) is 22.8 Å². The van der Waals surface area contributed by atoms with E-state index in [4.69, 9.17) is 0 Å². The first-order valence-corrected chi connectivity index (χ1v) is 7.78. The first kappa shape index (κ1) is 14.4. The molecule has 6 nitrogen and oxygen atoms in total. The van der Waals surface area contributed by atoms with E-state index < -0.39 is 0 Å². The Morgan fingerprint density at radius 1 is 1.25 bits per heavy atom. The van der Waals surface area contributed by atoms with Crippen molar-refractivity contribution in [2.75, 3.05) is 17.2 Å². The molecule has 0 saturated carbocycles. The maximum atomic E-state index is 12.4. The second-order valence-electron chi connectivity index (χ2n) is 5.88. The monoisotopic (exact) mass is 320 g/mol. The summed E-state index contributed by atoms with van der Waals surface area (Å²) in [5.74, 6) is 0.598. The summed E-state index contributed by atoms with van der Waals surface area (Å²) < 4.78 is 1.62. The maximum absolute atomic E-state index is 12.4. The Kier molecular flexibility index (Phi) is 3.30. The molecule has 120 valence electrons. The van der Waals surface area contributed by atoms with Crippen molar-refractivity contribution in [1.82, 2.24) is 9.55 Å². The highest BCUT2D eigenvalue weighted by Crippen LogP contribution is 2.26. The van der Waals surface area contributed by atoms with E-state index in [9.17, 15) is 9.59 Å². The van der Waals surface area contributed by atoms with Crippen LogP contribution in [0.2, 0.25) is 0 Å². The smallest absolute Gasteiger partial charge is 0.349 e. The zero-order valence-corrected chi connectivity index (χ0v) is 13.2. The summed E-state index contributed by atoms with van der Waals surface area (Å²) in [4.78, 5) is 28.4. The van der Waals surface area contributed by atoms with Gasteiger partial charge in [0.1, 0.15) is 5.82 Å². The Balaban J connectivity index is 1.72. The molecule has 1 aromatic heterocycles. The summed E-state index contributed by atoms with van der Waals surface area (Å²) in [6.07, 6.45) is 0. The number of benzene rings is 2. The number of carbonyl (C=O) groups excluding carboxylic acids is 1. The van der Waals surface area contributed by atoms with Gasteiger partial charge in [-0.2, -0.15) is 4.98 Å². The summed E-state index contributed by atoms with van der Waals surface area (Å²) in [5.41, 5.74) is 2.69. The van der Waals surface area contributed by atoms with Crippen molar-refractivity contribution >= 4 is 28.3 Å². The number of hydrogen-bond donors (Lipinski definition) is 2. The van der Waals surface area contributed by atoms with Gasteiger partial charge >= 0.3 is 5.69 Å². The second kappa shape index (κ2) is 5.49. The lowest BCUT2D eigenvalue weighted by atomic mass is 10.1. The number of aryl methyl sites for hydroxylation is 1. The van der Waals surface area contributed by atoms with Crippen LogP contribution in [0.15, 0.2) is 47.3 Å². The van der Waals surface area contributed by atoms with E-state index in [-0.39, 0.29) is 11.6 Å². The Hall–Kier alpha value is -3.15. The van der Waals surface area contributed by atoms with Gasteiger partial charge in [-0.25, -0.2) is 4.79 Å². The van der Waals surface area contributed by atoms with Crippen LogP contribution >= 0.6 is 0 Å². The van der Waals surface area contributed by atoms with Gasteiger partial charge < -0.3 is 10.6 Å². The Morgan fingerprint density at radius 3 is 2.96 bits per heavy atom. The molecule has 0 aliphatic carbocycles. The van der Waals surface area contributed by atoms with Crippen molar-refractivity contribution in [2.24, 2.45) is 0 Å². The summed E-state index contributed by atoms with van der Waals surface area (Å²) in [6, 6.07) is 12.8. The third-order valence-electron chi connectivity index (χ3n) is 4.13. The van der Waals surface area contributed by atoms with Gasteiger partial charge in [-0.3, -0.25) is 9.36 Å². The van der Waals surface area contributed by atoms with Gasteiger partial charge in [0.25, 0.3) is 5.91 Å². The number of amides is 1. The summed E-state index contributed by atoms with van der Waals surface area (Å²) >= 11 is 0. The maximum Gasteiger partial charge on any atom is 0.349 e. The number of nitrogens with zero attached hydrogens (tertiary/aromatic N) is 2. The number of fused-ring (bicyclic) bond motifs is 3. The van der Waals surface area contributed by atoms with Gasteiger partial charge in [-0.1, -0.05) is 17.7 Å². The zero-order chi connectivity index (χ0) is 16.7. The molecule has 1 aliphatic rings. The molecule has 0 fully saturated rings. The average molecular weight is 320 g/mol. The van der Waals surface area contributed by atoms with Crippen LogP contribution in [0.5, 0.6) is 0 Å². The van der Waals surface area contributed by atoms with E-state index in [1.807, 2.05) is 31.2 Å². The largest absolute Gasteiger partial charge is 0.369 e. The van der Waals surface area contributed by atoms with Crippen molar-refractivity contribution in [3.8, 4) is 0 Å². The van der Waals surface area contributed by atoms with E-state index in [0.717, 1.165) is 16.8 Å². The van der Waals surface area contributed by atoms with Crippen LogP contribution in [-0.2, 0) is 6.54 Å². The first-order valence-electron chi connectivity index (χ1n) is 7.78.